The van der Waals surface area contributed by atoms with Gasteiger partial charge in [-0.05, 0) is 73.1 Å². The van der Waals surface area contributed by atoms with Gasteiger partial charge in [0.1, 0.15) is 5.75 Å². The minimum Gasteiger partial charge on any atom is -0.497 e. The number of methoxy groups -OCH3 is 2. The van der Waals surface area contributed by atoms with Crippen molar-refractivity contribution in [1.82, 2.24) is 4.90 Å². The van der Waals surface area contributed by atoms with Crippen LogP contribution in [0.3, 0.4) is 0 Å². The minimum absolute atomic E-state index is 0.0566. The molecule has 0 N–H and O–H groups in total. The molecule has 1 heterocycles. The van der Waals surface area contributed by atoms with E-state index in [0.717, 1.165) is 27.9 Å². The predicted molar refractivity (Wildman–Crippen MR) is 130 cm³/mol. The van der Waals surface area contributed by atoms with Crippen LogP contribution < -0.4 is 14.2 Å². The number of hydrogen-bond donors (Lipinski definition) is 0. The molecule has 0 unspecified atom stereocenters. The van der Waals surface area contributed by atoms with Gasteiger partial charge in [-0.15, -0.1) is 0 Å². The van der Waals surface area contributed by atoms with Gasteiger partial charge in [-0.1, -0.05) is 22.9 Å². The van der Waals surface area contributed by atoms with Crippen LogP contribution in [-0.4, -0.2) is 43.3 Å². The van der Waals surface area contributed by atoms with E-state index in [2.05, 4.69) is 15.9 Å². The molecule has 3 rings (SSSR count). The van der Waals surface area contributed by atoms with Crippen molar-refractivity contribution in [1.29, 1.82) is 0 Å². The Morgan fingerprint density at radius 2 is 1.84 bits per heavy atom. The molecule has 0 spiro atoms. The zero-order chi connectivity index (χ0) is 22.4. The fourth-order valence-electron chi connectivity index (χ4n) is 3.01. The molecule has 1 aliphatic heterocycles. The number of amides is 1. The van der Waals surface area contributed by atoms with E-state index in [-0.39, 0.29) is 5.91 Å². The third kappa shape index (κ3) is 5.43. The lowest BCUT2D eigenvalue weighted by Gasteiger charge is -2.14. The molecule has 0 aliphatic carbocycles. The Morgan fingerprint density at radius 1 is 1.10 bits per heavy atom. The first-order chi connectivity index (χ1) is 15.0. The van der Waals surface area contributed by atoms with E-state index in [1.54, 1.807) is 19.1 Å². The average molecular weight is 505 g/mol. The van der Waals surface area contributed by atoms with E-state index < -0.39 is 0 Å². The number of hydrogen-bond acceptors (Lipinski definition) is 6. The van der Waals surface area contributed by atoms with E-state index in [1.165, 1.54) is 11.8 Å². The molecule has 164 valence electrons. The maximum absolute atomic E-state index is 13.1. The SMILES string of the molecule is CCCN1C(=O)/C(=C\c2cc(OC)c(OCC)cc2Br)SC1=Nc1ccc(OC)cc1. The van der Waals surface area contributed by atoms with Crippen molar-refractivity contribution in [2.24, 2.45) is 4.99 Å². The summed E-state index contributed by atoms with van der Waals surface area (Å²) in [6, 6.07) is 11.2. The van der Waals surface area contributed by atoms with Gasteiger partial charge >= 0.3 is 0 Å². The number of benzene rings is 2. The Morgan fingerprint density at radius 3 is 2.45 bits per heavy atom. The van der Waals surface area contributed by atoms with E-state index in [1.807, 2.05) is 56.3 Å². The second-order valence-corrected chi connectivity index (χ2v) is 8.48. The Kier molecular flexibility index (Phi) is 8.03. The molecule has 0 bridgehead atoms. The topological polar surface area (TPSA) is 60.4 Å². The van der Waals surface area contributed by atoms with Gasteiger partial charge in [-0.25, -0.2) is 4.99 Å². The largest absolute Gasteiger partial charge is 0.497 e. The second kappa shape index (κ2) is 10.7. The molecule has 31 heavy (non-hydrogen) atoms. The van der Waals surface area contributed by atoms with Gasteiger partial charge < -0.3 is 14.2 Å². The van der Waals surface area contributed by atoms with Crippen LogP contribution in [0, 0.1) is 0 Å². The maximum Gasteiger partial charge on any atom is 0.266 e. The van der Waals surface area contributed by atoms with E-state index in [9.17, 15) is 4.79 Å². The van der Waals surface area contributed by atoms with Crippen molar-refractivity contribution in [2.45, 2.75) is 20.3 Å². The first-order valence-corrected chi connectivity index (χ1v) is 11.6. The third-order valence-electron chi connectivity index (χ3n) is 4.50. The van der Waals surface area contributed by atoms with Crippen LogP contribution in [0.1, 0.15) is 25.8 Å². The van der Waals surface area contributed by atoms with Gasteiger partial charge in [0.25, 0.3) is 5.91 Å². The molecule has 0 radical (unpaired) electrons. The van der Waals surface area contributed by atoms with Gasteiger partial charge in [-0.2, -0.15) is 0 Å². The van der Waals surface area contributed by atoms with Crippen molar-refractivity contribution < 1.29 is 19.0 Å². The molecule has 0 saturated carbocycles. The highest BCUT2D eigenvalue weighted by Gasteiger charge is 2.33. The summed E-state index contributed by atoms with van der Waals surface area (Å²) in [6.45, 7) is 5.10. The Labute approximate surface area is 195 Å². The summed E-state index contributed by atoms with van der Waals surface area (Å²) >= 11 is 4.95. The van der Waals surface area contributed by atoms with Crippen LogP contribution in [0.4, 0.5) is 5.69 Å². The van der Waals surface area contributed by atoms with Crippen LogP contribution in [0.2, 0.25) is 0 Å². The molecule has 1 saturated heterocycles. The van der Waals surface area contributed by atoms with Gasteiger partial charge in [0.2, 0.25) is 0 Å². The smallest absolute Gasteiger partial charge is 0.266 e. The van der Waals surface area contributed by atoms with Crippen LogP contribution in [0.15, 0.2) is 50.8 Å². The lowest BCUT2D eigenvalue weighted by atomic mass is 10.2. The fraction of sp³-hybridized carbons (Fsp3) is 0.304. The summed E-state index contributed by atoms with van der Waals surface area (Å²) < 4.78 is 17.1. The lowest BCUT2D eigenvalue weighted by molar-refractivity contribution is -0.122. The minimum atomic E-state index is -0.0566. The van der Waals surface area contributed by atoms with Crippen LogP contribution in [-0.2, 0) is 4.79 Å². The number of amidine groups is 1. The Hall–Kier alpha value is -2.45. The van der Waals surface area contributed by atoms with E-state index in [4.69, 9.17) is 19.2 Å². The number of halogens is 1. The number of carbonyl (C=O) groups excluding carboxylic acids is 1. The molecule has 0 atom stereocenters. The number of nitrogens with zero attached hydrogens (tertiary/aromatic N) is 2. The summed E-state index contributed by atoms with van der Waals surface area (Å²) in [5.41, 5.74) is 1.60. The quantitative estimate of drug-likeness (QED) is 0.420. The van der Waals surface area contributed by atoms with Gasteiger partial charge in [0.15, 0.2) is 16.7 Å². The first kappa shape index (κ1) is 23.2. The highest BCUT2D eigenvalue weighted by molar-refractivity contribution is 9.10. The maximum atomic E-state index is 13.1. The fourth-order valence-corrected chi connectivity index (χ4v) is 4.46. The van der Waals surface area contributed by atoms with Crippen molar-refractivity contribution in [3.05, 3.63) is 51.3 Å². The molecule has 0 aromatic heterocycles. The van der Waals surface area contributed by atoms with E-state index in [0.29, 0.717) is 34.7 Å². The molecular weight excluding hydrogens is 480 g/mol. The lowest BCUT2D eigenvalue weighted by Crippen LogP contribution is -2.29. The third-order valence-corrected chi connectivity index (χ3v) is 6.20. The highest BCUT2D eigenvalue weighted by atomic mass is 79.9. The summed E-state index contributed by atoms with van der Waals surface area (Å²) in [5, 5.41) is 0.664. The highest BCUT2D eigenvalue weighted by Crippen LogP contribution is 2.38. The number of carbonyl (C=O) groups is 1. The average Bonchev–Trinajstić information content (AvgIpc) is 3.05. The molecule has 2 aromatic carbocycles. The Bertz CT molecular complexity index is 1010. The van der Waals surface area contributed by atoms with Crippen LogP contribution >= 0.6 is 27.7 Å². The standard InChI is InChI=1S/C23H25BrN2O4S/c1-5-11-26-22(27)21(31-23(26)25-16-7-9-17(28-3)10-8-16)13-15-12-19(29-4)20(30-6-2)14-18(15)24/h7-10,12-14H,5-6,11H2,1-4H3/b21-13+,25-23?. The summed E-state index contributed by atoms with van der Waals surface area (Å²) in [6.07, 6.45) is 2.69. The molecular formula is C23H25BrN2O4S. The first-order valence-electron chi connectivity index (χ1n) is 9.95. The molecule has 1 amide bonds. The monoisotopic (exact) mass is 504 g/mol. The number of rotatable bonds is 8. The predicted octanol–water partition coefficient (Wildman–Crippen LogP) is 5.88. The molecule has 1 fully saturated rings. The van der Waals surface area contributed by atoms with Gasteiger partial charge in [-0.3, -0.25) is 9.69 Å². The molecule has 6 nitrogen and oxygen atoms in total. The van der Waals surface area contributed by atoms with Crippen LogP contribution in [0.25, 0.3) is 6.08 Å². The zero-order valence-corrected chi connectivity index (χ0v) is 20.4. The van der Waals surface area contributed by atoms with Crippen molar-refractivity contribution in [3.63, 3.8) is 0 Å². The second-order valence-electron chi connectivity index (χ2n) is 6.62. The Balaban J connectivity index is 1.95. The van der Waals surface area contributed by atoms with Crippen LogP contribution in [0.5, 0.6) is 17.2 Å². The number of ether oxygens (including phenoxy) is 3. The molecule has 2 aromatic rings. The van der Waals surface area contributed by atoms with Gasteiger partial charge in [0, 0.05) is 11.0 Å². The summed E-state index contributed by atoms with van der Waals surface area (Å²) in [5.74, 6) is 1.97. The normalized spacial score (nSPS) is 16.3. The number of thioether (sulfide) groups is 1. The molecule has 8 heteroatoms. The van der Waals surface area contributed by atoms with Crippen molar-refractivity contribution >= 4 is 50.5 Å². The molecule has 1 aliphatic rings. The summed E-state index contributed by atoms with van der Waals surface area (Å²) in [7, 11) is 3.22. The van der Waals surface area contributed by atoms with Gasteiger partial charge in [0.05, 0.1) is 31.4 Å². The zero-order valence-electron chi connectivity index (χ0n) is 18.0. The van der Waals surface area contributed by atoms with Crippen molar-refractivity contribution in [3.8, 4) is 17.2 Å². The van der Waals surface area contributed by atoms with E-state index >= 15 is 0 Å². The van der Waals surface area contributed by atoms with Crippen molar-refractivity contribution in [2.75, 3.05) is 27.4 Å². The summed E-state index contributed by atoms with van der Waals surface area (Å²) in [4.78, 5) is 20.1. The number of aliphatic imine (C=N–C) groups is 1.